The Kier molecular flexibility index (Phi) is 3.73. The second-order valence-corrected chi connectivity index (χ2v) is 8.23. The number of hydrogen-bond donors (Lipinski definition) is 1. The van der Waals surface area contributed by atoms with Crippen molar-refractivity contribution in [1.29, 1.82) is 0 Å². The van der Waals surface area contributed by atoms with Crippen LogP contribution in [0.4, 0.5) is 11.4 Å². The molecule has 2 N–H and O–H groups in total. The fourth-order valence-corrected chi connectivity index (χ4v) is 3.60. The van der Waals surface area contributed by atoms with Gasteiger partial charge >= 0.3 is 0 Å². The molecule has 1 aliphatic rings. The van der Waals surface area contributed by atoms with Crippen molar-refractivity contribution in [3.8, 4) is 0 Å². The smallest absolute Gasteiger partial charge is 0.242 e. The molecule has 1 aromatic carbocycles. The van der Waals surface area contributed by atoms with Gasteiger partial charge in [0.15, 0.2) is 0 Å². The molecule has 0 saturated carbocycles. The van der Waals surface area contributed by atoms with Crippen LogP contribution >= 0.6 is 0 Å². The Morgan fingerprint density at radius 1 is 1.30 bits per heavy atom. The summed E-state index contributed by atoms with van der Waals surface area (Å²) in [5, 5.41) is 0. The Labute approximate surface area is 121 Å². The van der Waals surface area contributed by atoms with E-state index in [1.54, 1.807) is 18.2 Å². The van der Waals surface area contributed by atoms with Crippen LogP contribution in [0.15, 0.2) is 23.1 Å². The van der Waals surface area contributed by atoms with E-state index in [-0.39, 0.29) is 10.4 Å². The average Bonchev–Trinajstić information content (AvgIpc) is 2.69. The van der Waals surface area contributed by atoms with Gasteiger partial charge in [-0.2, -0.15) is 0 Å². The van der Waals surface area contributed by atoms with E-state index in [4.69, 9.17) is 5.73 Å². The lowest BCUT2D eigenvalue weighted by molar-refractivity contribution is 0.515. The van der Waals surface area contributed by atoms with Gasteiger partial charge < -0.3 is 10.6 Å². The first-order valence-corrected chi connectivity index (χ1v) is 8.20. The lowest BCUT2D eigenvalue weighted by atomic mass is 10.0. The highest BCUT2D eigenvalue weighted by Crippen LogP contribution is 2.37. The van der Waals surface area contributed by atoms with E-state index in [0.717, 1.165) is 25.1 Å². The van der Waals surface area contributed by atoms with Crippen LogP contribution in [-0.4, -0.2) is 38.9 Å². The van der Waals surface area contributed by atoms with Gasteiger partial charge in [-0.3, -0.25) is 0 Å². The predicted octanol–water partition coefficient (Wildman–Crippen LogP) is 1.90. The van der Waals surface area contributed by atoms with Crippen LogP contribution in [0.3, 0.4) is 0 Å². The van der Waals surface area contributed by atoms with Crippen molar-refractivity contribution in [3.63, 3.8) is 0 Å². The fourth-order valence-electron chi connectivity index (χ4n) is 2.68. The van der Waals surface area contributed by atoms with E-state index in [1.807, 2.05) is 0 Å². The third-order valence-electron chi connectivity index (χ3n) is 3.97. The third kappa shape index (κ3) is 2.50. The molecular formula is C14H23N3O2S. The molecule has 2 rings (SSSR count). The van der Waals surface area contributed by atoms with Crippen LogP contribution in [0.25, 0.3) is 0 Å². The largest absolute Gasteiger partial charge is 0.397 e. The highest BCUT2D eigenvalue weighted by Gasteiger charge is 2.33. The Hall–Kier alpha value is -1.27. The van der Waals surface area contributed by atoms with Gasteiger partial charge in [0, 0.05) is 26.2 Å². The standard InChI is InChI=1S/C14H23N3O2S/c1-14(2)8-5-9-17(14)13-10-11(6-7-12(13)15)20(18,19)16(3)4/h6-7,10H,5,8-9,15H2,1-4H3. The van der Waals surface area contributed by atoms with Crippen LogP contribution in [0.2, 0.25) is 0 Å². The number of sulfonamides is 1. The zero-order valence-electron chi connectivity index (χ0n) is 12.5. The molecule has 1 heterocycles. The Morgan fingerprint density at radius 2 is 1.95 bits per heavy atom. The number of rotatable bonds is 3. The van der Waals surface area contributed by atoms with Crippen molar-refractivity contribution >= 4 is 21.4 Å². The minimum atomic E-state index is -3.43. The van der Waals surface area contributed by atoms with Gasteiger partial charge in [0.2, 0.25) is 10.0 Å². The molecule has 0 aromatic heterocycles. The summed E-state index contributed by atoms with van der Waals surface area (Å²) in [6.07, 6.45) is 2.17. The summed E-state index contributed by atoms with van der Waals surface area (Å²) in [5.41, 5.74) is 7.51. The van der Waals surface area contributed by atoms with Gasteiger partial charge in [0.25, 0.3) is 0 Å². The number of nitrogens with two attached hydrogens (primary N) is 1. The highest BCUT2D eigenvalue weighted by molar-refractivity contribution is 7.89. The molecule has 112 valence electrons. The normalized spacial score (nSPS) is 18.8. The van der Waals surface area contributed by atoms with Crippen LogP contribution < -0.4 is 10.6 Å². The number of benzene rings is 1. The van der Waals surface area contributed by atoms with E-state index in [9.17, 15) is 8.42 Å². The molecule has 0 radical (unpaired) electrons. The van der Waals surface area contributed by atoms with E-state index in [2.05, 4.69) is 18.7 Å². The molecule has 1 aliphatic heterocycles. The van der Waals surface area contributed by atoms with Gasteiger partial charge in [-0.1, -0.05) is 0 Å². The Bertz CT molecular complexity index is 609. The molecule has 0 unspecified atom stereocenters. The molecular weight excluding hydrogens is 274 g/mol. The predicted molar refractivity (Wildman–Crippen MR) is 82.4 cm³/mol. The summed E-state index contributed by atoms with van der Waals surface area (Å²) in [4.78, 5) is 2.49. The first-order valence-electron chi connectivity index (χ1n) is 6.76. The zero-order valence-corrected chi connectivity index (χ0v) is 13.4. The van der Waals surface area contributed by atoms with E-state index < -0.39 is 10.0 Å². The molecule has 1 fully saturated rings. The molecule has 0 atom stereocenters. The maximum Gasteiger partial charge on any atom is 0.242 e. The van der Waals surface area contributed by atoms with Crippen molar-refractivity contribution in [2.75, 3.05) is 31.3 Å². The maximum absolute atomic E-state index is 12.2. The Morgan fingerprint density at radius 3 is 2.45 bits per heavy atom. The summed E-state index contributed by atoms with van der Waals surface area (Å²) < 4.78 is 25.7. The SMILES string of the molecule is CN(C)S(=O)(=O)c1ccc(N)c(N2CCCC2(C)C)c1. The number of nitrogens with zero attached hydrogens (tertiary/aromatic N) is 2. The summed E-state index contributed by atoms with van der Waals surface area (Å²) >= 11 is 0. The zero-order chi connectivity index (χ0) is 15.1. The fraction of sp³-hybridized carbons (Fsp3) is 0.571. The topological polar surface area (TPSA) is 66.6 Å². The van der Waals surface area contributed by atoms with Crippen molar-refractivity contribution in [2.45, 2.75) is 37.1 Å². The summed E-state index contributed by atoms with van der Waals surface area (Å²) in [6.45, 7) is 5.22. The number of anilines is 2. The maximum atomic E-state index is 12.2. The first kappa shape index (κ1) is 15.1. The molecule has 1 aromatic rings. The van der Waals surface area contributed by atoms with Crippen molar-refractivity contribution < 1.29 is 8.42 Å². The van der Waals surface area contributed by atoms with Crippen molar-refractivity contribution in [1.82, 2.24) is 4.31 Å². The quantitative estimate of drug-likeness (QED) is 0.865. The second kappa shape index (κ2) is 4.93. The molecule has 20 heavy (non-hydrogen) atoms. The number of nitrogen functional groups attached to an aromatic ring is 1. The van der Waals surface area contributed by atoms with E-state index in [0.29, 0.717) is 5.69 Å². The summed E-state index contributed by atoms with van der Waals surface area (Å²) in [6, 6.07) is 4.94. The molecule has 5 nitrogen and oxygen atoms in total. The molecule has 0 aliphatic carbocycles. The molecule has 0 spiro atoms. The van der Waals surface area contributed by atoms with Gasteiger partial charge in [-0.15, -0.1) is 0 Å². The highest BCUT2D eigenvalue weighted by atomic mass is 32.2. The van der Waals surface area contributed by atoms with E-state index >= 15 is 0 Å². The third-order valence-corrected chi connectivity index (χ3v) is 5.78. The minimum absolute atomic E-state index is 0.00855. The molecule has 1 saturated heterocycles. The van der Waals surface area contributed by atoms with Gasteiger partial charge in [0.1, 0.15) is 0 Å². The lowest BCUT2D eigenvalue weighted by Gasteiger charge is -2.34. The number of hydrogen-bond acceptors (Lipinski definition) is 4. The van der Waals surface area contributed by atoms with Gasteiger partial charge in [-0.05, 0) is 44.9 Å². The first-order chi connectivity index (χ1) is 9.16. The minimum Gasteiger partial charge on any atom is -0.397 e. The summed E-state index contributed by atoms with van der Waals surface area (Å²) in [5.74, 6) is 0. The van der Waals surface area contributed by atoms with Crippen LogP contribution in [0.1, 0.15) is 26.7 Å². The second-order valence-electron chi connectivity index (χ2n) is 6.08. The van der Waals surface area contributed by atoms with E-state index in [1.165, 1.54) is 18.4 Å². The van der Waals surface area contributed by atoms with Crippen LogP contribution in [0, 0.1) is 0 Å². The van der Waals surface area contributed by atoms with Crippen molar-refractivity contribution in [2.24, 2.45) is 0 Å². The molecule has 0 amide bonds. The average molecular weight is 297 g/mol. The van der Waals surface area contributed by atoms with Gasteiger partial charge in [0.05, 0.1) is 16.3 Å². The van der Waals surface area contributed by atoms with Crippen LogP contribution in [0.5, 0.6) is 0 Å². The lowest BCUT2D eigenvalue weighted by Crippen LogP contribution is -2.38. The van der Waals surface area contributed by atoms with Gasteiger partial charge in [-0.25, -0.2) is 12.7 Å². The van der Waals surface area contributed by atoms with Crippen LogP contribution in [-0.2, 0) is 10.0 Å². The Balaban J connectivity index is 2.51. The van der Waals surface area contributed by atoms with Crippen molar-refractivity contribution in [3.05, 3.63) is 18.2 Å². The molecule has 0 bridgehead atoms. The monoisotopic (exact) mass is 297 g/mol. The summed E-state index contributed by atoms with van der Waals surface area (Å²) in [7, 11) is -0.366. The molecule has 6 heteroatoms.